The Bertz CT molecular complexity index is 864. The molecule has 0 spiro atoms. The van der Waals surface area contributed by atoms with Gasteiger partial charge in [-0.25, -0.2) is 4.98 Å². The maximum Gasteiger partial charge on any atom is 0.272 e. The Balaban J connectivity index is 1.52. The van der Waals surface area contributed by atoms with Crippen LogP contribution in [0.5, 0.6) is 0 Å². The van der Waals surface area contributed by atoms with Crippen LogP contribution in [-0.4, -0.2) is 46.8 Å². The molecule has 152 valence electrons. The topological polar surface area (TPSA) is 75.2 Å². The first-order valence-corrected chi connectivity index (χ1v) is 10.2. The zero-order valence-electron chi connectivity index (χ0n) is 16.9. The number of rotatable bonds is 8. The highest BCUT2D eigenvalue weighted by Gasteiger charge is 2.16. The molecule has 0 saturated heterocycles. The number of allylic oxidation sites excluding steroid dienone is 1. The Morgan fingerprint density at radius 2 is 1.86 bits per heavy atom. The van der Waals surface area contributed by atoms with Gasteiger partial charge >= 0.3 is 0 Å². The number of carbonyl (C=O) groups is 2. The van der Waals surface area contributed by atoms with Gasteiger partial charge in [-0.3, -0.25) is 14.6 Å². The summed E-state index contributed by atoms with van der Waals surface area (Å²) in [6.45, 7) is 1.16. The fraction of sp³-hybridized carbons (Fsp3) is 0.391. The second-order valence-corrected chi connectivity index (χ2v) is 7.35. The van der Waals surface area contributed by atoms with E-state index in [0.29, 0.717) is 13.1 Å². The zero-order valence-corrected chi connectivity index (χ0v) is 16.9. The molecule has 0 atom stereocenters. The molecular weight excluding hydrogens is 364 g/mol. The normalized spacial score (nSPS) is 13.5. The van der Waals surface area contributed by atoms with Crippen molar-refractivity contribution in [3.05, 3.63) is 71.3 Å². The smallest absolute Gasteiger partial charge is 0.272 e. The van der Waals surface area contributed by atoms with Crippen molar-refractivity contribution in [3.63, 3.8) is 0 Å². The summed E-state index contributed by atoms with van der Waals surface area (Å²) in [5.41, 5.74) is 3.10. The summed E-state index contributed by atoms with van der Waals surface area (Å²) in [4.78, 5) is 35.0. The molecule has 0 fully saturated rings. The van der Waals surface area contributed by atoms with Gasteiger partial charge in [-0.05, 0) is 68.4 Å². The standard InChI is InChI=1S/C23H28N4O2/c1-27(17-13-19-10-14-24-15-11-19)23(29)21-9-5-8-20(26-21)22(28)25-16-12-18-6-3-2-4-7-18/h5-6,8-11,14-15H,2-4,7,12-13,16-17H2,1H3,(H,25,28). The van der Waals surface area contributed by atoms with Crippen LogP contribution in [0.2, 0.25) is 0 Å². The highest BCUT2D eigenvalue weighted by atomic mass is 16.2. The third-order valence-corrected chi connectivity index (χ3v) is 5.15. The van der Waals surface area contributed by atoms with Crippen molar-refractivity contribution >= 4 is 11.8 Å². The number of pyridine rings is 2. The molecule has 2 heterocycles. The number of amides is 2. The number of aromatic nitrogens is 2. The summed E-state index contributed by atoms with van der Waals surface area (Å²) in [6.07, 6.45) is 12.2. The molecule has 3 rings (SSSR count). The van der Waals surface area contributed by atoms with Crippen molar-refractivity contribution in [2.24, 2.45) is 0 Å². The molecule has 0 unspecified atom stereocenters. The van der Waals surface area contributed by atoms with E-state index in [1.807, 2.05) is 12.1 Å². The van der Waals surface area contributed by atoms with E-state index in [1.165, 1.54) is 18.4 Å². The van der Waals surface area contributed by atoms with E-state index in [9.17, 15) is 9.59 Å². The van der Waals surface area contributed by atoms with Gasteiger partial charge in [0.1, 0.15) is 11.4 Å². The maximum absolute atomic E-state index is 12.7. The Labute approximate surface area is 172 Å². The summed E-state index contributed by atoms with van der Waals surface area (Å²) in [5.74, 6) is -0.434. The highest BCUT2D eigenvalue weighted by Crippen LogP contribution is 2.19. The lowest BCUT2D eigenvalue weighted by Gasteiger charge is -2.17. The second-order valence-electron chi connectivity index (χ2n) is 7.35. The highest BCUT2D eigenvalue weighted by molar-refractivity contribution is 5.96. The summed E-state index contributed by atoms with van der Waals surface area (Å²) in [5, 5.41) is 2.92. The van der Waals surface area contributed by atoms with Crippen molar-refractivity contribution < 1.29 is 9.59 Å². The molecular formula is C23H28N4O2. The van der Waals surface area contributed by atoms with Gasteiger partial charge in [-0.15, -0.1) is 0 Å². The lowest BCUT2D eigenvalue weighted by Crippen LogP contribution is -2.31. The van der Waals surface area contributed by atoms with Crippen LogP contribution in [0.15, 0.2) is 54.4 Å². The number of nitrogens with one attached hydrogen (secondary N) is 1. The van der Waals surface area contributed by atoms with E-state index in [2.05, 4.69) is 21.4 Å². The van der Waals surface area contributed by atoms with Crippen molar-refractivity contribution in [2.75, 3.05) is 20.1 Å². The molecule has 0 bridgehead atoms. The molecule has 29 heavy (non-hydrogen) atoms. The van der Waals surface area contributed by atoms with E-state index >= 15 is 0 Å². The quantitative estimate of drug-likeness (QED) is 0.699. The van der Waals surface area contributed by atoms with Crippen LogP contribution in [0.25, 0.3) is 0 Å². The molecule has 1 aliphatic carbocycles. The van der Waals surface area contributed by atoms with Crippen molar-refractivity contribution in [2.45, 2.75) is 38.5 Å². The third-order valence-electron chi connectivity index (χ3n) is 5.15. The summed E-state index contributed by atoms with van der Waals surface area (Å²) >= 11 is 0. The minimum Gasteiger partial charge on any atom is -0.350 e. The molecule has 0 saturated carbocycles. The predicted octanol–water partition coefficient (Wildman–Crippen LogP) is 3.41. The number of carbonyl (C=O) groups excluding carboxylic acids is 2. The second kappa shape index (κ2) is 10.5. The molecule has 2 amide bonds. The molecule has 6 heteroatoms. The van der Waals surface area contributed by atoms with Gasteiger partial charge in [0, 0.05) is 32.5 Å². The Hall–Kier alpha value is -3.02. The van der Waals surface area contributed by atoms with Crippen LogP contribution < -0.4 is 5.32 Å². The molecule has 1 N–H and O–H groups in total. The minimum atomic E-state index is -0.240. The van der Waals surface area contributed by atoms with Gasteiger partial charge in [0.05, 0.1) is 0 Å². The Morgan fingerprint density at radius 3 is 2.62 bits per heavy atom. The summed E-state index contributed by atoms with van der Waals surface area (Å²) in [7, 11) is 1.75. The van der Waals surface area contributed by atoms with Gasteiger partial charge in [0.15, 0.2) is 0 Å². The molecule has 0 aromatic carbocycles. The fourth-order valence-corrected chi connectivity index (χ4v) is 3.38. The van der Waals surface area contributed by atoms with Crippen LogP contribution in [0.4, 0.5) is 0 Å². The molecule has 0 radical (unpaired) electrons. The first kappa shape index (κ1) is 20.7. The zero-order chi connectivity index (χ0) is 20.5. The average molecular weight is 393 g/mol. The Morgan fingerprint density at radius 1 is 1.07 bits per heavy atom. The van der Waals surface area contributed by atoms with Crippen LogP contribution in [-0.2, 0) is 6.42 Å². The average Bonchev–Trinajstić information content (AvgIpc) is 2.78. The largest absolute Gasteiger partial charge is 0.350 e. The monoisotopic (exact) mass is 392 g/mol. The lowest BCUT2D eigenvalue weighted by molar-refractivity contribution is 0.0790. The summed E-state index contributed by atoms with van der Waals surface area (Å²) in [6, 6.07) is 8.86. The van der Waals surface area contributed by atoms with Crippen LogP contribution in [0.3, 0.4) is 0 Å². The van der Waals surface area contributed by atoms with E-state index < -0.39 is 0 Å². The van der Waals surface area contributed by atoms with Gasteiger partial charge < -0.3 is 10.2 Å². The van der Waals surface area contributed by atoms with E-state index in [0.717, 1.165) is 31.2 Å². The molecule has 2 aromatic rings. The van der Waals surface area contributed by atoms with Gasteiger partial charge in [0.25, 0.3) is 11.8 Å². The van der Waals surface area contributed by atoms with E-state index in [4.69, 9.17) is 0 Å². The number of likely N-dealkylation sites (N-methyl/N-ethyl adjacent to an activating group) is 1. The Kier molecular flexibility index (Phi) is 7.50. The van der Waals surface area contributed by atoms with E-state index in [1.54, 1.807) is 42.5 Å². The predicted molar refractivity (Wildman–Crippen MR) is 113 cm³/mol. The molecule has 0 aliphatic heterocycles. The minimum absolute atomic E-state index is 0.193. The number of hydrogen-bond acceptors (Lipinski definition) is 4. The van der Waals surface area contributed by atoms with Crippen LogP contribution in [0.1, 0.15) is 58.6 Å². The number of nitrogens with zero attached hydrogens (tertiary/aromatic N) is 3. The van der Waals surface area contributed by atoms with Crippen molar-refractivity contribution in [1.29, 1.82) is 0 Å². The van der Waals surface area contributed by atoms with Gasteiger partial charge in [-0.1, -0.05) is 17.7 Å². The molecule has 1 aliphatic rings. The van der Waals surface area contributed by atoms with Crippen molar-refractivity contribution in [3.8, 4) is 0 Å². The third kappa shape index (κ3) is 6.24. The van der Waals surface area contributed by atoms with Crippen LogP contribution >= 0.6 is 0 Å². The summed E-state index contributed by atoms with van der Waals surface area (Å²) < 4.78 is 0. The number of hydrogen-bond donors (Lipinski definition) is 1. The van der Waals surface area contributed by atoms with Crippen molar-refractivity contribution in [1.82, 2.24) is 20.2 Å². The molecule has 2 aromatic heterocycles. The first-order chi connectivity index (χ1) is 14.1. The molecule has 6 nitrogen and oxygen atoms in total. The van der Waals surface area contributed by atoms with E-state index in [-0.39, 0.29) is 23.2 Å². The maximum atomic E-state index is 12.7. The fourth-order valence-electron chi connectivity index (χ4n) is 3.38. The SMILES string of the molecule is CN(CCc1ccncc1)C(=O)c1cccc(C(=O)NCCC2=CCCCC2)n1. The van der Waals surface area contributed by atoms with Gasteiger partial charge in [0.2, 0.25) is 0 Å². The van der Waals surface area contributed by atoms with Crippen LogP contribution in [0, 0.1) is 0 Å². The van der Waals surface area contributed by atoms with Gasteiger partial charge in [-0.2, -0.15) is 0 Å². The lowest BCUT2D eigenvalue weighted by atomic mass is 9.97. The first-order valence-electron chi connectivity index (χ1n) is 10.2.